The number of nitrogens with one attached hydrogen (secondary N) is 1. The Kier molecular flexibility index (Phi) is 5.09. The molecule has 1 unspecified atom stereocenters. The Morgan fingerprint density at radius 2 is 1.97 bits per heavy atom. The van der Waals surface area contributed by atoms with Gasteiger partial charge < -0.3 is 5.32 Å². The third kappa shape index (κ3) is 3.47. The van der Waals surface area contributed by atoms with E-state index in [1.54, 1.807) is 29.9 Å². The average molecular weight is 422 g/mol. The predicted octanol–water partition coefficient (Wildman–Crippen LogP) is 1.82. The normalized spacial score (nSPS) is 16.9. The van der Waals surface area contributed by atoms with Crippen LogP contribution in [-0.4, -0.2) is 51.6 Å². The van der Waals surface area contributed by atoms with Gasteiger partial charge in [0.15, 0.2) is 0 Å². The maximum absolute atomic E-state index is 12.8. The van der Waals surface area contributed by atoms with Gasteiger partial charge >= 0.3 is 0 Å². The number of nitrogens with zero attached hydrogens (tertiary/aromatic N) is 3. The van der Waals surface area contributed by atoms with Crippen LogP contribution in [0.2, 0.25) is 0 Å². The molecule has 2 radical (unpaired) electrons. The van der Waals surface area contributed by atoms with Crippen LogP contribution in [-0.2, 0) is 10.0 Å². The van der Waals surface area contributed by atoms with E-state index in [0.29, 0.717) is 34.5 Å². The van der Waals surface area contributed by atoms with Gasteiger partial charge in [0.1, 0.15) is 13.5 Å². The van der Waals surface area contributed by atoms with Crippen LogP contribution >= 0.6 is 0 Å². The Balaban J connectivity index is 2.03. The lowest BCUT2D eigenvalue weighted by atomic mass is 9.93. The number of hydrogen-bond donors (Lipinski definition) is 1. The number of rotatable bonds is 3. The molecule has 1 aliphatic heterocycles. The minimum Gasteiger partial charge on any atom is -0.355 e. The molecule has 0 saturated carbocycles. The van der Waals surface area contributed by atoms with Crippen LogP contribution in [0, 0.1) is 0 Å². The van der Waals surface area contributed by atoms with Crippen molar-refractivity contribution in [2.45, 2.75) is 25.7 Å². The number of amides is 1. The maximum Gasteiger partial charge on any atom is 0.255 e. The average Bonchev–Trinajstić information content (AvgIpc) is 2.98. The molecule has 0 aliphatic carbocycles. The van der Waals surface area contributed by atoms with Crippen molar-refractivity contribution in [1.29, 1.82) is 0 Å². The van der Waals surface area contributed by atoms with E-state index in [0.717, 1.165) is 24.0 Å². The van der Waals surface area contributed by atoms with Crippen LogP contribution < -0.4 is 15.1 Å². The van der Waals surface area contributed by atoms with E-state index >= 15 is 0 Å². The predicted molar refractivity (Wildman–Crippen MR) is 119 cm³/mol. The number of benzene rings is 1. The monoisotopic (exact) mass is 422 g/mol. The molecule has 1 aliphatic rings. The molecule has 7 nitrogen and oxygen atoms in total. The van der Waals surface area contributed by atoms with Crippen LogP contribution in [0.5, 0.6) is 0 Å². The number of carbonyl (C=O) groups is 1. The third-order valence-corrected chi connectivity index (χ3v) is 6.80. The Hall–Kier alpha value is -2.81. The second kappa shape index (κ2) is 7.47. The summed E-state index contributed by atoms with van der Waals surface area (Å²) >= 11 is 0. The van der Waals surface area contributed by atoms with Gasteiger partial charge in [-0.2, -0.15) is 5.10 Å². The summed E-state index contributed by atoms with van der Waals surface area (Å²) in [4.78, 5) is 12.8. The van der Waals surface area contributed by atoms with Crippen LogP contribution in [0.15, 0.2) is 36.5 Å². The topological polar surface area (TPSA) is 83.8 Å². The molecule has 9 heteroatoms. The standard InChI is InChI=1S/C21H23BN4O3S/c1-13-5-4-10-26(30(3,28)29)18-12-25-17(11-16(13)18)19(21(27)23-2)20(24-25)14-6-8-15(22)9-7-14/h6-9,11-13H,4-5,10H2,1-3H3,(H,23,27). The van der Waals surface area contributed by atoms with Gasteiger partial charge in [0.25, 0.3) is 5.91 Å². The molecule has 30 heavy (non-hydrogen) atoms. The zero-order valence-electron chi connectivity index (χ0n) is 17.2. The molecule has 154 valence electrons. The first-order valence-corrected chi connectivity index (χ1v) is 11.7. The minimum absolute atomic E-state index is 0.157. The van der Waals surface area contributed by atoms with Crippen molar-refractivity contribution in [3.8, 4) is 11.3 Å². The number of hydrogen-bond acceptors (Lipinski definition) is 4. The van der Waals surface area contributed by atoms with Crippen molar-refractivity contribution in [2.24, 2.45) is 0 Å². The van der Waals surface area contributed by atoms with E-state index in [1.807, 2.05) is 18.2 Å². The lowest BCUT2D eigenvalue weighted by Crippen LogP contribution is -2.31. The summed E-state index contributed by atoms with van der Waals surface area (Å²) in [6, 6.07) is 9.06. The van der Waals surface area contributed by atoms with Crippen LogP contribution in [0.1, 0.15) is 41.6 Å². The highest BCUT2D eigenvalue weighted by molar-refractivity contribution is 7.92. The van der Waals surface area contributed by atoms with Crippen molar-refractivity contribution in [2.75, 3.05) is 24.2 Å². The number of pyridine rings is 1. The van der Waals surface area contributed by atoms with Gasteiger partial charge in [0, 0.05) is 19.2 Å². The van der Waals surface area contributed by atoms with E-state index in [9.17, 15) is 13.2 Å². The molecule has 0 bridgehead atoms. The Morgan fingerprint density at radius 3 is 2.60 bits per heavy atom. The fourth-order valence-corrected chi connectivity index (χ4v) is 5.02. The molecule has 0 fully saturated rings. The number of carbonyl (C=O) groups excluding carboxylic acids is 1. The molecular formula is C21H23BN4O3S. The molecule has 3 heterocycles. The van der Waals surface area contributed by atoms with Gasteiger partial charge in [0.05, 0.1) is 29.2 Å². The number of sulfonamides is 1. The summed E-state index contributed by atoms with van der Waals surface area (Å²) in [6.07, 6.45) is 4.57. The summed E-state index contributed by atoms with van der Waals surface area (Å²) in [5.41, 5.74) is 4.51. The molecule has 0 saturated heterocycles. The minimum atomic E-state index is -3.44. The third-order valence-electron chi connectivity index (χ3n) is 5.62. The lowest BCUT2D eigenvalue weighted by molar-refractivity contribution is 0.0965. The fraction of sp³-hybridized carbons (Fsp3) is 0.333. The highest BCUT2D eigenvalue weighted by Crippen LogP contribution is 2.38. The first kappa shape index (κ1) is 20.5. The van der Waals surface area contributed by atoms with E-state index in [1.165, 1.54) is 10.6 Å². The first-order chi connectivity index (χ1) is 14.2. The highest BCUT2D eigenvalue weighted by Gasteiger charge is 2.29. The number of aromatic nitrogens is 2. The van der Waals surface area contributed by atoms with Gasteiger partial charge in [-0.15, -0.1) is 0 Å². The van der Waals surface area contributed by atoms with E-state index in [-0.39, 0.29) is 11.8 Å². The van der Waals surface area contributed by atoms with Gasteiger partial charge in [-0.25, -0.2) is 12.9 Å². The molecule has 4 rings (SSSR count). The summed E-state index contributed by atoms with van der Waals surface area (Å²) in [6.45, 7) is 2.51. The summed E-state index contributed by atoms with van der Waals surface area (Å²) in [5, 5.41) is 7.35. The molecular weight excluding hydrogens is 399 g/mol. The van der Waals surface area contributed by atoms with Crippen molar-refractivity contribution in [3.63, 3.8) is 0 Å². The summed E-state index contributed by atoms with van der Waals surface area (Å²) in [5.74, 6) is -0.0952. The first-order valence-electron chi connectivity index (χ1n) is 9.82. The van der Waals surface area contributed by atoms with Gasteiger partial charge in [-0.3, -0.25) is 9.10 Å². The smallest absolute Gasteiger partial charge is 0.255 e. The Morgan fingerprint density at radius 1 is 1.27 bits per heavy atom. The quantitative estimate of drug-likeness (QED) is 0.653. The summed E-state index contributed by atoms with van der Waals surface area (Å²) in [7, 11) is 3.95. The Labute approximate surface area is 177 Å². The fourth-order valence-electron chi connectivity index (χ4n) is 4.05. The molecule has 1 N–H and O–H groups in total. The maximum atomic E-state index is 12.8. The van der Waals surface area contributed by atoms with Crippen molar-refractivity contribution in [3.05, 3.63) is 47.7 Å². The van der Waals surface area contributed by atoms with Gasteiger partial charge in [-0.1, -0.05) is 36.7 Å². The molecule has 3 aromatic rings. The van der Waals surface area contributed by atoms with E-state index < -0.39 is 10.0 Å². The van der Waals surface area contributed by atoms with E-state index in [2.05, 4.69) is 17.3 Å². The number of anilines is 1. The second-order valence-electron chi connectivity index (χ2n) is 7.75. The molecule has 0 spiro atoms. The Bertz CT molecular complexity index is 1240. The molecule has 1 amide bonds. The van der Waals surface area contributed by atoms with Crippen molar-refractivity contribution >= 4 is 40.4 Å². The van der Waals surface area contributed by atoms with Gasteiger partial charge in [-0.05, 0) is 30.4 Å². The van der Waals surface area contributed by atoms with Crippen LogP contribution in [0.25, 0.3) is 16.8 Å². The SMILES string of the molecule is [B]c1ccc(-c2nn3cc4c(cc3c2C(=O)NC)C(C)CCCN4S(C)(=O)=O)cc1. The number of fused-ring (bicyclic) bond motifs is 2. The summed E-state index contributed by atoms with van der Waals surface area (Å²) < 4.78 is 27.9. The van der Waals surface area contributed by atoms with E-state index in [4.69, 9.17) is 7.85 Å². The zero-order chi connectivity index (χ0) is 21.6. The largest absolute Gasteiger partial charge is 0.355 e. The van der Waals surface area contributed by atoms with Crippen molar-refractivity contribution < 1.29 is 13.2 Å². The van der Waals surface area contributed by atoms with Crippen LogP contribution in [0.4, 0.5) is 5.69 Å². The van der Waals surface area contributed by atoms with Crippen molar-refractivity contribution in [1.82, 2.24) is 14.9 Å². The zero-order valence-corrected chi connectivity index (χ0v) is 18.0. The molecule has 2 aromatic heterocycles. The molecule has 1 aromatic carbocycles. The lowest BCUT2D eigenvalue weighted by Gasteiger charge is -2.23. The second-order valence-corrected chi connectivity index (χ2v) is 9.65. The highest BCUT2D eigenvalue weighted by atomic mass is 32.2. The molecule has 1 atom stereocenters. The van der Waals surface area contributed by atoms with Gasteiger partial charge in [0.2, 0.25) is 10.0 Å². The van der Waals surface area contributed by atoms with Crippen LogP contribution in [0.3, 0.4) is 0 Å².